The van der Waals surface area contributed by atoms with Crippen LogP contribution >= 0.6 is 0 Å². The van der Waals surface area contributed by atoms with E-state index >= 15 is 0 Å². The van der Waals surface area contributed by atoms with Crippen molar-refractivity contribution in [1.29, 1.82) is 0 Å². The summed E-state index contributed by atoms with van der Waals surface area (Å²) in [5.74, 6) is -0.288. The number of carbonyl (C=O) groups is 1. The average molecular weight is 269 g/mol. The van der Waals surface area contributed by atoms with Gasteiger partial charge in [0.15, 0.2) is 5.78 Å². The Kier molecular flexibility index (Phi) is 5.56. The summed E-state index contributed by atoms with van der Waals surface area (Å²) in [4.78, 5) is 12.7. The van der Waals surface area contributed by atoms with Gasteiger partial charge in [0.05, 0.1) is 0 Å². The Hall–Kier alpha value is -0.186. The third-order valence-electron chi connectivity index (χ3n) is 1.93. The van der Waals surface area contributed by atoms with Gasteiger partial charge in [-0.1, -0.05) is 0 Å². The van der Waals surface area contributed by atoms with E-state index in [0.717, 1.165) is 0 Å². The molecule has 0 atom stereocenters. The second kappa shape index (κ2) is 5.64. The molecule has 0 aromatic rings. The van der Waals surface area contributed by atoms with Crippen LogP contribution in [0.5, 0.6) is 0 Å². The number of hydrogen-bond donors (Lipinski definition) is 1. The van der Waals surface area contributed by atoms with Crippen LogP contribution in [0.4, 0.5) is 0 Å². The first kappa shape index (κ1) is 13.8. The zero-order chi connectivity index (χ0) is 10.0. The number of nitrogens with one attached hydrogen (secondary N) is 1. The first-order valence-corrected chi connectivity index (χ1v) is 3.98. The van der Waals surface area contributed by atoms with Gasteiger partial charge in [-0.3, -0.25) is 4.79 Å². The van der Waals surface area contributed by atoms with Crippen molar-refractivity contribution in [2.75, 3.05) is 20.1 Å². The molecule has 0 aromatic heterocycles. The Bertz CT molecular complexity index is 297. The molecule has 1 aliphatic heterocycles. The summed E-state index contributed by atoms with van der Waals surface area (Å²) in [7, 11) is 1.71. The minimum atomic E-state index is -0.188. The molecular formula is C9H12N2O2Y-2. The largest absolute Gasteiger partial charge is 0.676 e. The van der Waals surface area contributed by atoms with Gasteiger partial charge in [0.1, 0.15) is 0 Å². The second-order valence-electron chi connectivity index (χ2n) is 2.94. The molecule has 0 saturated heterocycles. The van der Waals surface area contributed by atoms with E-state index in [4.69, 9.17) is 5.73 Å². The summed E-state index contributed by atoms with van der Waals surface area (Å²) in [5.41, 5.74) is 7.79. The van der Waals surface area contributed by atoms with Crippen LogP contribution in [0.25, 0.3) is 5.73 Å². The number of aliphatic hydroxyl groups excluding tert-OH is 1. The van der Waals surface area contributed by atoms with E-state index in [1.54, 1.807) is 11.9 Å². The maximum Gasteiger partial charge on any atom is 0.160 e. The number of carbonyl (C=O) groups excluding carboxylic acids is 1. The maximum atomic E-state index is 11.1. The van der Waals surface area contributed by atoms with E-state index in [1.807, 2.05) is 0 Å². The van der Waals surface area contributed by atoms with Crippen molar-refractivity contribution < 1.29 is 42.6 Å². The van der Waals surface area contributed by atoms with Crippen molar-refractivity contribution in [3.63, 3.8) is 0 Å². The molecule has 1 radical (unpaired) electrons. The van der Waals surface area contributed by atoms with E-state index < -0.39 is 0 Å². The topological polar surface area (TPSA) is 64.3 Å². The fourth-order valence-electron chi connectivity index (χ4n) is 1.28. The van der Waals surface area contributed by atoms with Crippen molar-refractivity contribution >= 4 is 5.78 Å². The number of rotatable bonds is 2. The molecule has 1 heterocycles. The molecule has 0 unspecified atom stereocenters. The Balaban J connectivity index is 0.00000169. The van der Waals surface area contributed by atoms with Crippen LogP contribution < -0.4 is 0 Å². The molecule has 0 bridgehead atoms. The summed E-state index contributed by atoms with van der Waals surface area (Å²) in [5, 5.41) is 9.57. The summed E-state index contributed by atoms with van der Waals surface area (Å²) in [6.45, 7) is 1.80. The Morgan fingerprint density at radius 3 is 2.71 bits per heavy atom. The SMILES string of the molecule is CC(=O)C1=C(O)C(C[NH-])=[C-]CN1C.[Y]. The van der Waals surface area contributed by atoms with Gasteiger partial charge in [-0.25, -0.2) is 11.6 Å². The van der Waals surface area contributed by atoms with E-state index in [1.165, 1.54) is 6.92 Å². The van der Waals surface area contributed by atoms with E-state index in [2.05, 4.69) is 6.08 Å². The van der Waals surface area contributed by atoms with Crippen molar-refractivity contribution in [3.8, 4) is 0 Å². The number of nitrogens with zero attached hydrogens (tertiary/aromatic N) is 1. The summed E-state index contributed by atoms with van der Waals surface area (Å²) < 4.78 is 0. The van der Waals surface area contributed by atoms with Gasteiger partial charge in [0.25, 0.3) is 0 Å². The monoisotopic (exact) mass is 269 g/mol. The minimum absolute atomic E-state index is 0. The number of aliphatic hydroxyl groups is 1. The number of allylic oxidation sites excluding steroid dienone is 1. The maximum absolute atomic E-state index is 11.1. The van der Waals surface area contributed by atoms with E-state index in [-0.39, 0.29) is 56.5 Å². The van der Waals surface area contributed by atoms with E-state index in [9.17, 15) is 9.90 Å². The fourth-order valence-corrected chi connectivity index (χ4v) is 1.28. The summed E-state index contributed by atoms with van der Waals surface area (Å²) in [6.07, 6.45) is 2.85. The number of likely N-dealkylation sites (N-methyl/N-ethyl adjacent to an activating group) is 1. The number of ketones is 1. The summed E-state index contributed by atoms with van der Waals surface area (Å²) in [6, 6.07) is 0. The molecule has 5 heteroatoms. The number of hydrogen-bond acceptors (Lipinski definition) is 3. The molecule has 2 N–H and O–H groups in total. The van der Waals surface area contributed by atoms with Crippen LogP contribution in [-0.2, 0) is 37.5 Å². The van der Waals surface area contributed by atoms with Crippen LogP contribution in [0, 0.1) is 6.08 Å². The first-order chi connectivity index (χ1) is 6.07. The van der Waals surface area contributed by atoms with Crippen molar-refractivity contribution in [2.24, 2.45) is 0 Å². The molecule has 0 fully saturated rings. The third-order valence-corrected chi connectivity index (χ3v) is 1.93. The van der Waals surface area contributed by atoms with Gasteiger partial charge in [0.2, 0.25) is 0 Å². The predicted octanol–water partition coefficient (Wildman–Crippen LogP) is 1.07. The van der Waals surface area contributed by atoms with Crippen LogP contribution in [0.1, 0.15) is 6.92 Å². The smallest absolute Gasteiger partial charge is 0.160 e. The fraction of sp³-hybridized carbons (Fsp3) is 0.444. The molecule has 4 nitrogen and oxygen atoms in total. The number of Topliss-reactive ketones (excluding diaryl/α,β-unsaturated/α-hetero) is 1. The molecule has 0 aliphatic carbocycles. The summed E-state index contributed by atoms with van der Waals surface area (Å²) >= 11 is 0. The van der Waals surface area contributed by atoms with Crippen LogP contribution in [0.3, 0.4) is 0 Å². The van der Waals surface area contributed by atoms with Gasteiger partial charge < -0.3 is 15.7 Å². The zero-order valence-corrected chi connectivity index (χ0v) is 11.1. The van der Waals surface area contributed by atoms with Crippen molar-refractivity contribution in [2.45, 2.75) is 6.92 Å². The van der Waals surface area contributed by atoms with E-state index in [0.29, 0.717) is 12.1 Å². The van der Waals surface area contributed by atoms with Gasteiger partial charge >= 0.3 is 0 Å². The van der Waals surface area contributed by atoms with Gasteiger partial charge in [-0.2, -0.15) is 6.54 Å². The van der Waals surface area contributed by atoms with Crippen LogP contribution in [0.15, 0.2) is 17.0 Å². The third kappa shape index (κ3) is 2.65. The van der Waals surface area contributed by atoms with Crippen molar-refractivity contribution in [1.82, 2.24) is 4.90 Å². The Labute approximate surface area is 109 Å². The van der Waals surface area contributed by atoms with Crippen LogP contribution in [0.2, 0.25) is 0 Å². The molecule has 14 heavy (non-hydrogen) atoms. The molecule has 75 valence electrons. The minimum Gasteiger partial charge on any atom is -0.676 e. The van der Waals surface area contributed by atoms with Gasteiger partial charge in [-0.15, -0.1) is 0 Å². The van der Waals surface area contributed by atoms with Crippen molar-refractivity contribution in [3.05, 3.63) is 28.8 Å². The average Bonchev–Trinajstić information content (AvgIpc) is 2.04. The Morgan fingerprint density at radius 2 is 2.29 bits per heavy atom. The zero-order valence-electron chi connectivity index (χ0n) is 8.29. The molecule has 1 rings (SSSR count). The van der Waals surface area contributed by atoms with Gasteiger partial charge in [0, 0.05) is 45.5 Å². The molecule has 0 amide bonds. The second-order valence-corrected chi connectivity index (χ2v) is 2.94. The quantitative estimate of drug-likeness (QED) is 0.762. The predicted molar refractivity (Wildman–Crippen MR) is 48.9 cm³/mol. The molecular weight excluding hydrogens is 257 g/mol. The molecule has 1 aliphatic rings. The Morgan fingerprint density at radius 1 is 1.71 bits per heavy atom. The normalized spacial score (nSPS) is 16.2. The molecule has 0 aromatic carbocycles. The molecule has 0 spiro atoms. The van der Waals surface area contributed by atoms with Crippen LogP contribution in [-0.4, -0.2) is 35.9 Å². The molecule has 0 saturated carbocycles. The first-order valence-electron chi connectivity index (χ1n) is 3.98. The van der Waals surface area contributed by atoms with Gasteiger partial charge in [-0.05, 0) is 19.2 Å². The standard InChI is InChI=1S/C9H12N2O2.Y/c1-6(12)8-9(13)7(5-10)3-4-11(8)2;/h10,13H,4-5H2,1-2H3;/q-2;.